The third-order valence-electron chi connectivity index (χ3n) is 7.44. The molecule has 0 spiro atoms. The van der Waals surface area contributed by atoms with Gasteiger partial charge in [0.15, 0.2) is 11.0 Å². The van der Waals surface area contributed by atoms with Crippen LogP contribution in [0.15, 0.2) is 36.4 Å². The fourth-order valence-electron chi connectivity index (χ4n) is 4.91. The number of hydrogen-bond donors (Lipinski definition) is 0. The maximum atomic E-state index is 14.7. The highest BCUT2D eigenvalue weighted by atomic mass is 19.4. The largest absolute Gasteiger partial charge is 0.459 e. The predicted octanol–water partition coefficient (Wildman–Crippen LogP) is 6.74. The normalized spacial score (nSPS) is 23.5. The van der Waals surface area contributed by atoms with Crippen LogP contribution in [-0.4, -0.2) is 45.6 Å². The molecule has 0 amide bonds. The zero-order valence-electron chi connectivity index (χ0n) is 19.9. The van der Waals surface area contributed by atoms with Crippen LogP contribution in [-0.2, 0) is 15.1 Å². The molecule has 1 aromatic heterocycles. The van der Waals surface area contributed by atoms with Crippen molar-refractivity contribution >= 4 is 17.0 Å². The van der Waals surface area contributed by atoms with E-state index < -0.39 is 72.7 Å². The highest BCUT2D eigenvalue weighted by Gasteiger charge is 2.72. The molecule has 0 N–H and O–H groups in total. The van der Waals surface area contributed by atoms with Gasteiger partial charge in [-0.05, 0) is 64.0 Å². The molecule has 1 aliphatic rings. The van der Waals surface area contributed by atoms with Gasteiger partial charge in [0.05, 0.1) is 5.52 Å². The molecule has 3 rings (SSSR count). The number of alkyl halides is 9. The summed E-state index contributed by atoms with van der Waals surface area (Å²) in [5.41, 5.74) is -7.74. The van der Waals surface area contributed by atoms with Gasteiger partial charge in [0.2, 0.25) is 0 Å². The van der Waals surface area contributed by atoms with E-state index in [1.165, 1.54) is 31.2 Å². The van der Waals surface area contributed by atoms with E-state index in [1.807, 2.05) is 0 Å². The van der Waals surface area contributed by atoms with Gasteiger partial charge < -0.3 is 4.74 Å². The monoisotopic (exact) mass is 545 g/mol. The number of benzene rings is 1. The van der Waals surface area contributed by atoms with Crippen molar-refractivity contribution < 1.29 is 49.0 Å². The Morgan fingerprint density at radius 3 is 1.97 bits per heavy atom. The van der Waals surface area contributed by atoms with Gasteiger partial charge in [-0.15, -0.1) is 5.10 Å². The van der Waals surface area contributed by atoms with Gasteiger partial charge in [-0.1, -0.05) is 23.9 Å². The summed E-state index contributed by atoms with van der Waals surface area (Å²) in [6.45, 7) is 5.08. The zero-order valence-corrected chi connectivity index (χ0v) is 19.9. The van der Waals surface area contributed by atoms with E-state index in [0.29, 0.717) is 11.6 Å². The minimum atomic E-state index is -5.85. The Balaban J connectivity index is 2.21. The van der Waals surface area contributed by atoms with E-state index >= 15 is 0 Å². The van der Waals surface area contributed by atoms with Gasteiger partial charge in [0.25, 0.3) is 0 Å². The Bertz CT molecular complexity index is 1150. The Hall–Kier alpha value is -2.80. The molecule has 2 aromatic rings. The van der Waals surface area contributed by atoms with Crippen molar-refractivity contribution in [3.63, 3.8) is 0 Å². The number of nitrogens with zero attached hydrogens (tertiary/aromatic N) is 3. The molecule has 0 bridgehead atoms. The molecule has 1 aliphatic carbocycles. The predicted molar refractivity (Wildman–Crippen MR) is 113 cm³/mol. The summed E-state index contributed by atoms with van der Waals surface area (Å²) < 4.78 is 133. The number of carbonyl (C=O) groups excluding carboxylic acids is 1. The summed E-state index contributed by atoms with van der Waals surface area (Å²) in [4.78, 5) is 12.1. The first-order chi connectivity index (χ1) is 16.7. The summed E-state index contributed by atoms with van der Waals surface area (Å²) in [7, 11) is 0. The Kier molecular flexibility index (Phi) is 7.15. The molecule has 4 atom stereocenters. The van der Waals surface area contributed by atoms with Crippen LogP contribution in [0.25, 0.3) is 11.0 Å². The molecule has 5 nitrogen and oxygen atoms in total. The lowest BCUT2D eigenvalue weighted by Crippen LogP contribution is -2.59. The average Bonchev–Trinajstić information content (AvgIpc) is 3.19. The SMILES string of the molecule is C=C(C)C(=O)OC1CC(C(C)(n2nnc3ccccc32)C(F)(F)F)CC(C(C)(C(F)(F)F)C(F)(F)F)C1. The topological polar surface area (TPSA) is 57.0 Å². The maximum Gasteiger partial charge on any atom is 0.413 e. The van der Waals surface area contributed by atoms with Gasteiger partial charge in [0.1, 0.15) is 11.6 Å². The number of ether oxygens (including phenoxy) is 1. The number of carbonyl (C=O) groups is 1. The molecule has 1 fully saturated rings. The van der Waals surface area contributed by atoms with Crippen LogP contribution in [0.4, 0.5) is 39.5 Å². The Morgan fingerprint density at radius 2 is 1.46 bits per heavy atom. The lowest BCUT2D eigenvalue weighted by atomic mass is 9.61. The maximum absolute atomic E-state index is 14.7. The summed E-state index contributed by atoms with van der Waals surface area (Å²) >= 11 is 0. The molecule has 14 heteroatoms. The van der Waals surface area contributed by atoms with E-state index in [9.17, 15) is 44.3 Å². The number of hydrogen-bond acceptors (Lipinski definition) is 4. The second-order valence-electron chi connectivity index (χ2n) is 9.74. The van der Waals surface area contributed by atoms with Crippen molar-refractivity contribution in [2.45, 2.75) is 70.2 Å². The second kappa shape index (κ2) is 9.19. The lowest BCUT2D eigenvalue weighted by molar-refractivity contribution is -0.358. The van der Waals surface area contributed by atoms with Crippen molar-refractivity contribution in [1.29, 1.82) is 0 Å². The molecule has 0 saturated heterocycles. The number of aromatic nitrogens is 3. The molecular formula is C23H24F9N3O2. The van der Waals surface area contributed by atoms with Crippen LogP contribution in [0.2, 0.25) is 0 Å². The van der Waals surface area contributed by atoms with Crippen LogP contribution in [0.3, 0.4) is 0 Å². The van der Waals surface area contributed by atoms with Crippen molar-refractivity contribution in [2.24, 2.45) is 17.3 Å². The highest BCUT2D eigenvalue weighted by Crippen LogP contribution is 2.61. The van der Waals surface area contributed by atoms with E-state index in [4.69, 9.17) is 4.74 Å². The molecule has 1 saturated carbocycles. The fraction of sp³-hybridized carbons (Fsp3) is 0.609. The molecule has 206 valence electrons. The van der Waals surface area contributed by atoms with Gasteiger partial charge >= 0.3 is 24.5 Å². The number of rotatable bonds is 5. The van der Waals surface area contributed by atoms with Gasteiger partial charge in [-0.25, -0.2) is 9.48 Å². The summed E-state index contributed by atoms with van der Waals surface area (Å²) in [5, 5.41) is 7.27. The Morgan fingerprint density at radius 1 is 0.919 bits per heavy atom. The van der Waals surface area contributed by atoms with Gasteiger partial charge in [0, 0.05) is 5.57 Å². The van der Waals surface area contributed by atoms with Crippen molar-refractivity contribution in [1.82, 2.24) is 15.0 Å². The number of esters is 1. The summed E-state index contributed by atoms with van der Waals surface area (Å²) in [5.74, 6) is -5.43. The Labute approximate surface area is 205 Å². The molecule has 37 heavy (non-hydrogen) atoms. The summed E-state index contributed by atoms with van der Waals surface area (Å²) in [6, 6.07) is 5.49. The van der Waals surface area contributed by atoms with Crippen LogP contribution < -0.4 is 0 Å². The van der Waals surface area contributed by atoms with E-state index in [1.54, 1.807) is 0 Å². The molecule has 0 aliphatic heterocycles. The van der Waals surface area contributed by atoms with Crippen molar-refractivity contribution in [3.8, 4) is 0 Å². The van der Waals surface area contributed by atoms with Gasteiger partial charge in [-0.2, -0.15) is 39.5 Å². The van der Waals surface area contributed by atoms with Gasteiger partial charge in [-0.3, -0.25) is 0 Å². The van der Waals surface area contributed by atoms with E-state index in [-0.39, 0.29) is 23.5 Å². The van der Waals surface area contributed by atoms with Crippen molar-refractivity contribution in [3.05, 3.63) is 36.4 Å². The average molecular weight is 545 g/mol. The zero-order chi connectivity index (χ0) is 28.2. The highest BCUT2D eigenvalue weighted by molar-refractivity contribution is 5.87. The number of halogens is 9. The fourth-order valence-corrected chi connectivity index (χ4v) is 4.91. The third-order valence-corrected chi connectivity index (χ3v) is 7.44. The van der Waals surface area contributed by atoms with E-state index in [0.717, 1.165) is 0 Å². The number of para-hydroxylation sites is 1. The standard InChI is InChI=1S/C23H24F9N3O2/c1-12(2)18(36)37-15-10-13(19(3,21(24,25)26)22(27,28)29)9-14(11-15)20(4,23(30,31)32)35-17-8-6-5-7-16(17)33-34-35/h5-8,13-15H,1,9-11H2,2-4H3. The number of fused-ring (bicyclic) bond motifs is 1. The second-order valence-corrected chi connectivity index (χ2v) is 9.74. The third kappa shape index (κ3) is 4.78. The van der Waals surface area contributed by atoms with Crippen LogP contribution in [0, 0.1) is 17.3 Å². The first-order valence-corrected chi connectivity index (χ1v) is 11.1. The van der Waals surface area contributed by atoms with E-state index in [2.05, 4.69) is 16.9 Å². The molecule has 0 radical (unpaired) electrons. The van der Waals surface area contributed by atoms with Crippen molar-refractivity contribution in [2.75, 3.05) is 0 Å². The van der Waals surface area contributed by atoms with Crippen LogP contribution in [0.1, 0.15) is 40.0 Å². The first kappa shape index (κ1) is 28.8. The first-order valence-electron chi connectivity index (χ1n) is 11.1. The summed E-state index contributed by atoms with van der Waals surface area (Å²) in [6.07, 6.45) is -21.3. The minimum Gasteiger partial charge on any atom is -0.459 e. The quantitative estimate of drug-likeness (QED) is 0.237. The molecule has 1 aromatic carbocycles. The molecule has 4 unspecified atom stereocenters. The smallest absolute Gasteiger partial charge is 0.413 e. The lowest BCUT2D eigenvalue weighted by Gasteiger charge is -2.49. The minimum absolute atomic E-state index is 0.0472. The molecular weight excluding hydrogens is 521 g/mol. The van der Waals surface area contributed by atoms with Crippen LogP contribution in [0.5, 0.6) is 0 Å². The molecule has 1 heterocycles. The van der Waals surface area contributed by atoms with Crippen LogP contribution >= 0.6 is 0 Å².